The van der Waals surface area contributed by atoms with Crippen molar-refractivity contribution in [3.8, 4) is 0 Å². The fraction of sp³-hybridized carbons (Fsp3) is 0.857. The highest BCUT2D eigenvalue weighted by atomic mass is 16.6. The summed E-state index contributed by atoms with van der Waals surface area (Å²) in [6.45, 7) is 1.91. The van der Waals surface area contributed by atoms with Gasteiger partial charge in [-0.15, -0.1) is 0 Å². The van der Waals surface area contributed by atoms with E-state index in [-0.39, 0.29) is 24.6 Å². The molecule has 2 atom stereocenters. The van der Waals surface area contributed by atoms with Crippen molar-refractivity contribution < 1.29 is 14.6 Å². The third kappa shape index (κ3) is 1.29. The second-order valence-electron chi connectivity index (χ2n) is 2.58. The highest BCUT2D eigenvalue weighted by molar-refractivity contribution is 5.74. The van der Waals surface area contributed by atoms with Crippen LogP contribution in [-0.4, -0.2) is 23.8 Å². The van der Waals surface area contributed by atoms with Gasteiger partial charge in [-0.3, -0.25) is 4.79 Å². The molecule has 1 fully saturated rings. The molecule has 58 valence electrons. The first-order chi connectivity index (χ1) is 4.77. The van der Waals surface area contributed by atoms with Gasteiger partial charge in [0.05, 0.1) is 12.5 Å². The first kappa shape index (κ1) is 7.54. The molecule has 0 aliphatic carbocycles. The molecule has 0 aromatic carbocycles. The number of aliphatic hydroxyl groups excluding tert-OH is 1. The summed E-state index contributed by atoms with van der Waals surface area (Å²) in [6, 6.07) is 0. The molecule has 10 heavy (non-hydrogen) atoms. The van der Waals surface area contributed by atoms with Crippen molar-refractivity contribution in [1.29, 1.82) is 0 Å². The van der Waals surface area contributed by atoms with Gasteiger partial charge in [0, 0.05) is 0 Å². The molecule has 0 radical (unpaired) electrons. The highest BCUT2D eigenvalue weighted by Crippen LogP contribution is 2.22. The molecule has 0 unspecified atom stereocenters. The molecule has 3 heteroatoms. The van der Waals surface area contributed by atoms with Crippen LogP contribution < -0.4 is 0 Å². The minimum Gasteiger partial charge on any atom is -0.460 e. The van der Waals surface area contributed by atoms with Crippen LogP contribution in [0.25, 0.3) is 0 Å². The van der Waals surface area contributed by atoms with Crippen LogP contribution in [0.2, 0.25) is 0 Å². The van der Waals surface area contributed by atoms with Crippen LogP contribution in [0, 0.1) is 5.92 Å². The largest absolute Gasteiger partial charge is 0.460 e. The summed E-state index contributed by atoms with van der Waals surface area (Å²) in [7, 11) is 0. The molecule has 0 amide bonds. The Kier molecular flexibility index (Phi) is 2.27. The zero-order valence-electron chi connectivity index (χ0n) is 6.04. The fourth-order valence-corrected chi connectivity index (χ4v) is 1.17. The number of hydrogen-bond acceptors (Lipinski definition) is 3. The van der Waals surface area contributed by atoms with Gasteiger partial charge in [-0.1, -0.05) is 6.92 Å². The maximum absolute atomic E-state index is 10.8. The number of rotatable bonds is 2. The number of ether oxygens (including phenoxy) is 1. The van der Waals surface area contributed by atoms with Crippen LogP contribution in [0.4, 0.5) is 0 Å². The van der Waals surface area contributed by atoms with Crippen LogP contribution in [-0.2, 0) is 9.53 Å². The predicted molar refractivity (Wildman–Crippen MR) is 35.4 cm³/mol. The van der Waals surface area contributed by atoms with Crippen molar-refractivity contribution in [3.05, 3.63) is 0 Å². The highest BCUT2D eigenvalue weighted by Gasteiger charge is 2.32. The van der Waals surface area contributed by atoms with E-state index in [0.717, 1.165) is 6.42 Å². The number of hydrogen-bond donors (Lipinski definition) is 1. The fourth-order valence-electron chi connectivity index (χ4n) is 1.17. The van der Waals surface area contributed by atoms with E-state index in [2.05, 4.69) is 0 Å². The maximum Gasteiger partial charge on any atom is 0.309 e. The number of carbonyl (C=O) groups is 1. The van der Waals surface area contributed by atoms with Crippen molar-refractivity contribution in [2.24, 2.45) is 5.92 Å². The molecule has 3 nitrogen and oxygen atoms in total. The molecular weight excluding hydrogens is 132 g/mol. The molecule has 0 bridgehead atoms. The van der Waals surface area contributed by atoms with Gasteiger partial charge in [0.25, 0.3) is 0 Å². The molecular formula is C7H12O3. The Labute approximate surface area is 60.0 Å². The van der Waals surface area contributed by atoms with Crippen LogP contribution in [0.1, 0.15) is 19.8 Å². The number of carbonyl (C=O) groups excluding carboxylic acids is 1. The summed E-state index contributed by atoms with van der Waals surface area (Å²) in [5, 5.41) is 8.62. The number of aliphatic hydroxyl groups is 1. The number of cyclic esters (lactones) is 1. The average Bonchev–Trinajstić information content (AvgIpc) is 2.30. The van der Waals surface area contributed by atoms with Gasteiger partial charge in [-0.25, -0.2) is 0 Å². The Hall–Kier alpha value is -0.570. The second-order valence-corrected chi connectivity index (χ2v) is 2.58. The van der Waals surface area contributed by atoms with Crippen LogP contribution in [0.15, 0.2) is 0 Å². The summed E-state index contributed by atoms with van der Waals surface area (Å²) in [5.74, 6) is -0.126. The lowest BCUT2D eigenvalue weighted by atomic mass is 10.0. The van der Waals surface area contributed by atoms with Gasteiger partial charge in [-0.05, 0) is 12.8 Å². The molecule has 1 rings (SSSR count). The molecule has 1 N–H and O–H groups in total. The first-order valence-corrected chi connectivity index (χ1v) is 3.59. The predicted octanol–water partition coefficient (Wildman–Crippen LogP) is 0.320. The smallest absolute Gasteiger partial charge is 0.309 e. The van der Waals surface area contributed by atoms with Crippen molar-refractivity contribution in [2.75, 3.05) is 6.61 Å². The Bertz CT molecular complexity index is 133. The zero-order chi connectivity index (χ0) is 7.56. The summed E-state index contributed by atoms with van der Waals surface area (Å²) < 4.78 is 4.83. The van der Waals surface area contributed by atoms with Crippen molar-refractivity contribution in [2.45, 2.75) is 25.9 Å². The third-order valence-electron chi connectivity index (χ3n) is 1.86. The van der Waals surface area contributed by atoms with Crippen LogP contribution >= 0.6 is 0 Å². The lowest BCUT2D eigenvalue weighted by molar-refractivity contribution is -0.145. The summed E-state index contributed by atoms with van der Waals surface area (Å²) in [6.07, 6.45) is 1.26. The Morgan fingerprint density at radius 1 is 1.80 bits per heavy atom. The van der Waals surface area contributed by atoms with Crippen LogP contribution in [0.3, 0.4) is 0 Å². The summed E-state index contributed by atoms with van der Waals surface area (Å²) in [5.41, 5.74) is 0. The monoisotopic (exact) mass is 144 g/mol. The molecule has 0 aromatic rings. The summed E-state index contributed by atoms with van der Waals surface area (Å²) >= 11 is 0. The van der Waals surface area contributed by atoms with E-state index in [9.17, 15) is 4.79 Å². The van der Waals surface area contributed by atoms with E-state index in [1.807, 2.05) is 6.92 Å². The first-order valence-electron chi connectivity index (χ1n) is 3.59. The maximum atomic E-state index is 10.8. The normalized spacial score (nSPS) is 32.4. The lowest BCUT2D eigenvalue weighted by Gasteiger charge is -2.01. The Balaban J connectivity index is 2.44. The van der Waals surface area contributed by atoms with Crippen molar-refractivity contribution in [3.63, 3.8) is 0 Å². The van der Waals surface area contributed by atoms with E-state index in [0.29, 0.717) is 6.42 Å². The van der Waals surface area contributed by atoms with Crippen molar-refractivity contribution >= 4 is 5.97 Å². The van der Waals surface area contributed by atoms with E-state index >= 15 is 0 Å². The van der Waals surface area contributed by atoms with Gasteiger partial charge in [0.15, 0.2) is 0 Å². The van der Waals surface area contributed by atoms with Gasteiger partial charge < -0.3 is 9.84 Å². The van der Waals surface area contributed by atoms with E-state index in [4.69, 9.17) is 9.84 Å². The summed E-state index contributed by atoms with van der Waals surface area (Å²) in [4.78, 5) is 10.8. The van der Waals surface area contributed by atoms with Gasteiger partial charge >= 0.3 is 5.97 Å². The molecule has 1 aliphatic rings. The quantitative estimate of drug-likeness (QED) is 0.568. The minimum atomic E-state index is -0.238. The molecule has 0 aromatic heterocycles. The second kappa shape index (κ2) is 3.01. The standard InChI is InChI=1S/C7H12O3/c1-2-5-3-6(4-8)10-7(5)9/h5-6,8H,2-4H2,1H3/t5-,6-/m0/s1. The molecule has 1 aliphatic heterocycles. The van der Waals surface area contributed by atoms with E-state index in [1.165, 1.54) is 0 Å². The van der Waals surface area contributed by atoms with Gasteiger partial charge in [-0.2, -0.15) is 0 Å². The molecule has 0 spiro atoms. The SMILES string of the molecule is CC[C@H]1C[C@@H](CO)OC1=O. The lowest BCUT2D eigenvalue weighted by Crippen LogP contribution is -2.10. The molecule has 1 heterocycles. The van der Waals surface area contributed by atoms with Gasteiger partial charge in [0.2, 0.25) is 0 Å². The Morgan fingerprint density at radius 2 is 2.50 bits per heavy atom. The molecule has 0 saturated carbocycles. The van der Waals surface area contributed by atoms with Crippen LogP contribution in [0.5, 0.6) is 0 Å². The number of esters is 1. The van der Waals surface area contributed by atoms with Crippen molar-refractivity contribution in [1.82, 2.24) is 0 Å². The third-order valence-corrected chi connectivity index (χ3v) is 1.86. The topological polar surface area (TPSA) is 46.5 Å². The van der Waals surface area contributed by atoms with Gasteiger partial charge in [0.1, 0.15) is 6.10 Å². The minimum absolute atomic E-state index is 0.0251. The Morgan fingerprint density at radius 3 is 2.80 bits per heavy atom. The zero-order valence-corrected chi connectivity index (χ0v) is 6.04. The molecule has 1 saturated heterocycles. The van der Waals surface area contributed by atoms with E-state index in [1.54, 1.807) is 0 Å². The average molecular weight is 144 g/mol. The van der Waals surface area contributed by atoms with E-state index < -0.39 is 0 Å².